The highest BCUT2D eigenvalue weighted by Gasteiger charge is 2.36. The highest BCUT2D eigenvalue weighted by Crippen LogP contribution is 2.48. The van der Waals surface area contributed by atoms with Crippen LogP contribution in [-0.2, 0) is 33.9 Å². The molecule has 2 atom stereocenters. The quantitative estimate of drug-likeness (QED) is 0.0286. The van der Waals surface area contributed by atoms with Gasteiger partial charge >= 0.3 is 29.4 Å². The summed E-state index contributed by atoms with van der Waals surface area (Å²) in [6.45, 7) is 16.9. The average Bonchev–Trinajstić information content (AvgIpc) is 1.34. The summed E-state index contributed by atoms with van der Waals surface area (Å²) in [5, 5.41) is 64.0. The lowest BCUT2D eigenvalue weighted by atomic mass is 10.1. The maximum atomic E-state index is 15.1. The number of aliphatic hydroxyl groups is 1. The van der Waals surface area contributed by atoms with Gasteiger partial charge in [-0.3, -0.25) is 18.7 Å². The van der Waals surface area contributed by atoms with Gasteiger partial charge in [0, 0.05) is 128 Å². The van der Waals surface area contributed by atoms with Crippen LogP contribution >= 0.6 is 84.7 Å². The molecular weight excluding hydrogens is 1670 g/mol. The first-order chi connectivity index (χ1) is 45.1. The predicted octanol–water partition coefficient (Wildman–Crippen LogP) is 8.87. The summed E-state index contributed by atoms with van der Waals surface area (Å²) < 4.78 is 66.5. The number of halogens is 5. The van der Waals surface area contributed by atoms with Gasteiger partial charge in [0.2, 0.25) is 10.9 Å². The molecule has 96 heavy (non-hydrogen) atoms. The summed E-state index contributed by atoms with van der Waals surface area (Å²) in [6, 6.07) is 11.9. The van der Waals surface area contributed by atoms with Gasteiger partial charge in [0.05, 0.1) is 54.7 Å². The second kappa shape index (κ2) is 33.0. The smallest absolute Gasteiger partial charge is 0.342 e. The summed E-state index contributed by atoms with van der Waals surface area (Å²) in [4.78, 5) is 96.9. The number of thioether (sulfide) groups is 2. The number of aryl methyl sites for hydroxylation is 4. The number of carboxylic acid groups (broad SMARTS) is 2. The molecule has 2 unspecified atom stereocenters. The number of aromatic carboxylic acids is 2. The van der Waals surface area contributed by atoms with E-state index in [-0.39, 0.29) is 105 Å². The number of nitrogens with one attached hydrogen (secondary N) is 1. The summed E-state index contributed by atoms with van der Waals surface area (Å²) >= 11 is 6.90. The number of pyridine rings is 2. The van der Waals surface area contributed by atoms with Crippen LogP contribution in [0.3, 0.4) is 0 Å². The van der Waals surface area contributed by atoms with Gasteiger partial charge in [-0.15, -0.1) is 24.0 Å². The molecule has 516 valence electrons. The molecule has 4 aliphatic rings. The van der Waals surface area contributed by atoms with Crippen molar-refractivity contribution in [3.05, 3.63) is 164 Å². The first-order valence-electron chi connectivity index (χ1n) is 28.9. The molecule has 3 aromatic carbocycles. The molecule has 39 heteroatoms. The Labute approximate surface area is 594 Å². The number of nitrogens with zero attached hydrogens (tertiary/aromatic N) is 14. The number of rotatable bonds is 17. The number of benzene rings is 3. The summed E-state index contributed by atoms with van der Waals surface area (Å²) in [5.41, 5.74) is 1.04. The molecule has 9 heterocycles. The molecule has 0 radical (unpaired) electrons. The van der Waals surface area contributed by atoms with Crippen molar-refractivity contribution >= 4 is 157 Å². The summed E-state index contributed by atoms with van der Waals surface area (Å²) in [5.74, 6) is -2.41. The van der Waals surface area contributed by atoms with Crippen LogP contribution in [-0.4, -0.2) is 165 Å². The van der Waals surface area contributed by atoms with Gasteiger partial charge in [0.25, 0.3) is 10.1 Å². The fraction of sp³-hybridized carbons (Fsp3) is 0.386. The van der Waals surface area contributed by atoms with Crippen molar-refractivity contribution in [2.24, 2.45) is 0 Å². The maximum absolute atomic E-state index is 15.1. The van der Waals surface area contributed by atoms with Crippen molar-refractivity contribution in [1.82, 2.24) is 48.0 Å². The van der Waals surface area contributed by atoms with Crippen molar-refractivity contribution in [1.29, 1.82) is 0 Å². The lowest BCUT2D eigenvalue weighted by molar-refractivity contribution is -0.392. The molecule has 12 rings (SSSR count). The minimum Gasteiger partial charge on any atom is -0.477 e. The van der Waals surface area contributed by atoms with E-state index in [1.54, 1.807) is 54.2 Å². The van der Waals surface area contributed by atoms with E-state index in [1.807, 2.05) is 35.1 Å². The Hall–Kier alpha value is -7.01. The van der Waals surface area contributed by atoms with E-state index in [1.165, 1.54) is 63.3 Å². The number of aliphatic hydroxyl groups excluding tert-OH is 1. The van der Waals surface area contributed by atoms with E-state index >= 15 is 4.39 Å². The van der Waals surface area contributed by atoms with Crippen molar-refractivity contribution < 1.29 is 61.1 Å². The molecule has 31 nitrogen and oxygen atoms in total. The van der Waals surface area contributed by atoms with Crippen molar-refractivity contribution in [2.45, 2.75) is 86.9 Å². The van der Waals surface area contributed by atoms with Crippen molar-refractivity contribution in [3.63, 3.8) is 0 Å². The van der Waals surface area contributed by atoms with Crippen LogP contribution in [0, 0.1) is 69.7 Å². The number of fused-ring (bicyclic) bond motifs is 6. The molecule has 0 spiro atoms. The topological polar surface area (TPSA) is 387 Å². The van der Waals surface area contributed by atoms with Gasteiger partial charge in [-0.1, -0.05) is 41.2 Å². The standard InChI is InChI=1S/C22H23FN6O5S.C16H16FN3O3S.C13H15N3O5S.C6H9N3O3.I2.HI/c1-12-24-11-18(29(33)34)27(12)8-5-25-3-6-26(7-4-25)17-10-16-14(9-15(17)23)20(30)19(22(31)32)21-28(16)13(2)35-21;1-8-20-11-7-12(19-4-2-18-3-5-19)10(17)6-9(11)14(21)13(16(22)23)15(20)24-8;1-10-3-5-12(6-4-10)22(19,20)21-8-7-15-11(2)14-9-13(15)16(17)18;1-5-7-4-6(9(11)12)8(5)2-3-10;1-2;/h9-11,13H,3-8H2,1-2H3,(H,31,32);6-8,18H,2-5H2,1H3,(H,22,23);3-6,9H,7-8H2,1-2H3;4,10H,2-3H2,1H3;;1H. The van der Waals surface area contributed by atoms with Crippen LogP contribution in [0.25, 0.3) is 21.8 Å². The second-order valence-electron chi connectivity index (χ2n) is 21.5. The monoisotopic (exact) mass is 1730 g/mol. The molecule has 0 bridgehead atoms. The maximum Gasteiger partial charge on any atom is 0.342 e. The molecule has 8 aromatic rings. The molecular formula is C57H64F2I3N15O16S3. The molecule has 0 saturated carbocycles. The molecule has 2 saturated heterocycles. The van der Waals surface area contributed by atoms with E-state index in [4.69, 9.17) is 9.29 Å². The van der Waals surface area contributed by atoms with Gasteiger partial charge in [0.1, 0.15) is 67.6 Å². The summed E-state index contributed by atoms with van der Waals surface area (Å²) in [7, 11) is -3.88. The molecule has 0 amide bonds. The zero-order valence-corrected chi connectivity index (χ0v) is 61.1. The van der Waals surface area contributed by atoms with Gasteiger partial charge in [0.15, 0.2) is 17.5 Å². The third kappa shape index (κ3) is 16.6. The molecule has 2 fully saturated rings. The first kappa shape index (κ1) is 76.4. The van der Waals surface area contributed by atoms with Crippen LogP contribution in [0.2, 0.25) is 0 Å². The number of anilines is 2. The Kier molecular flexibility index (Phi) is 26.3. The lowest BCUT2D eigenvalue weighted by Crippen LogP contribution is -2.47. The van der Waals surface area contributed by atoms with Crippen LogP contribution in [0.15, 0.2) is 91.7 Å². The third-order valence-corrected chi connectivity index (χ3v) is 19.5. The van der Waals surface area contributed by atoms with Gasteiger partial charge < -0.3 is 69.9 Å². The Balaban J connectivity index is 0.000000189. The van der Waals surface area contributed by atoms with Crippen LogP contribution in [0.1, 0.15) is 68.3 Å². The molecule has 4 aliphatic heterocycles. The fourth-order valence-electron chi connectivity index (χ4n) is 11.0. The average molecular weight is 1730 g/mol. The fourth-order valence-corrected chi connectivity index (χ4v) is 14.2. The molecule has 4 N–H and O–H groups in total. The molecule has 5 aromatic heterocycles. The number of aromatic nitrogens is 8. The first-order valence-corrected chi connectivity index (χ1v) is 38.4. The van der Waals surface area contributed by atoms with E-state index in [2.05, 4.69) is 62.4 Å². The number of hydrogen-bond acceptors (Lipinski definition) is 23. The Bertz CT molecular complexity index is 4510. The van der Waals surface area contributed by atoms with Crippen LogP contribution < -0.4 is 26.0 Å². The number of hydrogen-bond donors (Lipinski definition) is 4. The zero-order valence-electron chi connectivity index (χ0n) is 52.0. The van der Waals surface area contributed by atoms with E-state index in [9.17, 15) is 72.5 Å². The highest BCUT2D eigenvalue weighted by molar-refractivity contribution is 15.0. The van der Waals surface area contributed by atoms with Crippen LogP contribution in [0.4, 0.5) is 37.6 Å². The third-order valence-electron chi connectivity index (χ3n) is 15.8. The van der Waals surface area contributed by atoms with Gasteiger partial charge in [-0.05, 0) is 71.9 Å². The van der Waals surface area contributed by atoms with E-state index in [0.717, 1.165) is 30.9 Å². The number of nitro groups is 3. The number of imidazole rings is 3. The Morgan fingerprint density at radius 2 is 1.04 bits per heavy atom. The van der Waals surface area contributed by atoms with Gasteiger partial charge in [-0.2, -0.15) is 8.42 Å². The largest absolute Gasteiger partial charge is 0.477 e. The van der Waals surface area contributed by atoms with Gasteiger partial charge in [-0.25, -0.2) is 47.0 Å². The number of carbonyl (C=O) groups is 2. The van der Waals surface area contributed by atoms with Crippen molar-refractivity contribution in [3.8, 4) is 0 Å². The Morgan fingerprint density at radius 3 is 1.43 bits per heavy atom. The lowest BCUT2D eigenvalue weighted by Gasteiger charge is -2.37. The number of carboxylic acids is 2. The van der Waals surface area contributed by atoms with Crippen molar-refractivity contribution in [2.75, 3.05) is 81.9 Å². The summed E-state index contributed by atoms with van der Waals surface area (Å²) in [6.07, 6.45) is 3.57. The highest BCUT2D eigenvalue weighted by atomic mass is 128. The minimum atomic E-state index is -3.88. The van der Waals surface area contributed by atoms with E-state index in [0.29, 0.717) is 102 Å². The molecule has 0 aliphatic carbocycles. The van der Waals surface area contributed by atoms with Crippen LogP contribution in [0.5, 0.6) is 0 Å². The SMILES string of the molecule is CC1Sc2c(C(=O)O)c(=O)c3cc(F)c(N4CCNCC4)cc3n21.Cc1ccc(S(=O)(=O)OCCn2c([N+](=O)[O-])cnc2C)cc1.Cc1ncc([N+](=O)[O-])n1CCN1CCN(c2cc3c(cc2F)c(=O)c(C(=O)O)c2n3C(C)S2)CC1.Cc1ncc([N+](=O)[O-])n1CCO.I.II. The Morgan fingerprint density at radius 1 is 0.646 bits per heavy atom. The zero-order chi connectivity index (χ0) is 69.5. The minimum absolute atomic E-state index is 0. The predicted molar refractivity (Wildman–Crippen MR) is 381 cm³/mol. The van der Waals surface area contributed by atoms with E-state index < -0.39 is 59.3 Å². The second-order valence-corrected chi connectivity index (χ2v) is 25.8. The normalized spacial score (nSPS) is 15.5. The number of piperazine rings is 2.